The number of carbonyl (C=O) groups excluding carboxylic acids is 1. The standard InChI is InChI=1S/C18H21NO4/c1-13-4-5-15(10-14(13)2)12-23-18(21)16-6-7-17(20)19(11-16)8-9-22-3/h4-7,10-11H,8-9,12H2,1-3H3. The number of hydrogen-bond acceptors (Lipinski definition) is 4. The Morgan fingerprint density at radius 2 is 1.91 bits per heavy atom. The average Bonchev–Trinajstić information content (AvgIpc) is 2.55. The summed E-state index contributed by atoms with van der Waals surface area (Å²) in [5.74, 6) is -0.450. The molecular weight excluding hydrogens is 294 g/mol. The third kappa shape index (κ3) is 4.53. The minimum Gasteiger partial charge on any atom is -0.457 e. The summed E-state index contributed by atoms with van der Waals surface area (Å²) in [6, 6.07) is 8.79. The molecule has 0 amide bonds. The SMILES string of the molecule is COCCn1cc(C(=O)OCc2ccc(C)c(C)c2)ccc1=O. The largest absolute Gasteiger partial charge is 0.457 e. The van der Waals surface area contributed by atoms with Crippen LogP contribution < -0.4 is 5.56 Å². The molecule has 5 heteroatoms. The number of nitrogens with zero attached hydrogens (tertiary/aromatic N) is 1. The molecule has 0 aliphatic carbocycles. The Morgan fingerprint density at radius 1 is 1.13 bits per heavy atom. The number of hydrogen-bond donors (Lipinski definition) is 0. The van der Waals surface area contributed by atoms with Crippen molar-refractivity contribution in [2.24, 2.45) is 0 Å². The van der Waals surface area contributed by atoms with Crippen molar-refractivity contribution in [3.63, 3.8) is 0 Å². The molecule has 5 nitrogen and oxygen atoms in total. The topological polar surface area (TPSA) is 57.5 Å². The summed E-state index contributed by atoms with van der Waals surface area (Å²) in [6.45, 7) is 5.06. The second-order valence-electron chi connectivity index (χ2n) is 5.44. The molecule has 0 saturated heterocycles. The highest BCUT2D eigenvalue weighted by molar-refractivity contribution is 5.88. The molecule has 122 valence electrons. The number of esters is 1. The zero-order valence-corrected chi connectivity index (χ0v) is 13.7. The molecule has 2 rings (SSSR count). The van der Waals surface area contributed by atoms with E-state index in [9.17, 15) is 9.59 Å². The normalized spacial score (nSPS) is 10.6. The number of rotatable bonds is 6. The van der Waals surface area contributed by atoms with Crippen molar-refractivity contribution in [2.75, 3.05) is 13.7 Å². The minimum absolute atomic E-state index is 0.173. The monoisotopic (exact) mass is 315 g/mol. The Kier molecular flexibility index (Phi) is 5.71. The molecule has 0 radical (unpaired) electrons. The lowest BCUT2D eigenvalue weighted by Gasteiger charge is -2.09. The third-order valence-corrected chi connectivity index (χ3v) is 3.70. The molecule has 0 saturated carbocycles. The number of ether oxygens (including phenoxy) is 2. The second-order valence-corrected chi connectivity index (χ2v) is 5.44. The lowest BCUT2D eigenvalue weighted by Crippen LogP contribution is -2.22. The van der Waals surface area contributed by atoms with E-state index in [0.717, 1.165) is 11.1 Å². The molecule has 0 unspecified atom stereocenters. The molecule has 1 aromatic heterocycles. The summed E-state index contributed by atoms with van der Waals surface area (Å²) in [7, 11) is 1.56. The van der Waals surface area contributed by atoms with Crippen molar-refractivity contribution in [3.8, 4) is 0 Å². The summed E-state index contributed by atoms with van der Waals surface area (Å²) >= 11 is 0. The van der Waals surface area contributed by atoms with Gasteiger partial charge in [-0.2, -0.15) is 0 Å². The number of aromatic nitrogens is 1. The van der Waals surface area contributed by atoms with Crippen LogP contribution in [-0.4, -0.2) is 24.3 Å². The molecule has 0 aliphatic rings. The molecule has 0 fully saturated rings. The Hall–Kier alpha value is -2.40. The van der Waals surface area contributed by atoms with Gasteiger partial charge in [0.15, 0.2) is 0 Å². The van der Waals surface area contributed by atoms with E-state index in [2.05, 4.69) is 0 Å². The summed E-state index contributed by atoms with van der Waals surface area (Å²) in [5.41, 5.74) is 3.48. The average molecular weight is 315 g/mol. The van der Waals surface area contributed by atoms with Crippen LogP contribution in [0.1, 0.15) is 27.0 Å². The Morgan fingerprint density at radius 3 is 2.61 bits per heavy atom. The van der Waals surface area contributed by atoms with Crippen molar-refractivity contribution in [1.82, 2.24) is 4.57 Å². The van der Waals surface area contributed by atoms with E-state index in [0.29, 0.717) is 18.7 Å². The minimum atomic E-state index is -0.450. The van der Waals surface area contributed by atoms with Gasteiger partial charge in [0.05, 0.1) is 12.2 Å². The molecule has 1 heterocycles. The van der Waals surface area contributed by atoms with Crippen LogP contribution in [-0.2, 0) is 22.6 Å². The van der Waals surface area contributed by atoms with Gasteiger partial charge in [-0.15, -0.1) is 0 Å². The maximum absolute atomic E-state index is 12.1. The Bertz CT molecular complexity index is 749. The fourth-order valence-electron chi connectivity index (χ4n) is 2.14. The first-order valence-corrected chi connectivity index (χ1v) is 7.44. The van der Waals surface area contributed by atoms with E-state index in [4.69, 9.17) is 9.47 Å². The van der Waals surface area contributed by atoms with Crippen LogP contribution in [0.2, 0.25) is 0 Å². The number of carbonyl (C=O) groups is 1. The lowest BCUT2D eigenvalue weighted by atomic mass is 10.1. The predicted molar refractivity (Wildman–Crippen MR) is 87.6 cm³/mol. The zero-order chi connectivity index (χ0) is 16.8. The van der Waals surface area contributed by atoms with Crippen molar-refractivity contribution in [3.05, 3.63) is 69.1 Å². The van der Waals surface area contributed by atoms with Crippen LogP contribution in [0.25, 0.3) is 0 Å². The van der Waals surface area contributed by atoms with Crippen LogP contribution in [0.15, 0.2) is 41.3 Å². The van der Waals surface area contributed by atoms with E-state index < -0.39 is 5.97 Å². The molecule has 23 heavy (non-hydrogen) atoms. The second kappa shape index (κ2) is 7.74. The molecular formula is C18H21NO4. The van der Waals surface area contributed by atoms with Crippen LogP contribution in [0, 0.1) is 13.8 Å². The van der Waals surface area contributed by atoms with Crippen LogP contribution in [0.4, 0.5) is 0 Å². The predicted octanol–water partition coefficient (Wildman–Crippen LogP) is 2.47. The van der Waals surface area contributed by atoms with Gasteiger partial charge in [0.25, 0.3) is 5.56 Å². The third-order valence-electron chi connectivity index (χ3n) is 3.70. The van der Waals surface area contributed by atoms with Crippen LogP contribution in [0.5, 0.6) is 0 Å². The summed E-state index contributed by atoms with van der Waals surface area (Å²) in [4.78, 5) is 23.8. The molecule has 0 N–H and O–H groups in total. The van der Waals surface area contributed by atoms with Gasteiger partial charge in [-0.05, 0) is 36.6 Å². The van der Waals surface area contributed by atoms with Gasteiger partial charge in [0.1, 0.15) is 6.61 Å². The van der Waals surface area contributed by atoms with Gasteiger partial charge in [-0.3, -0.25) is 4.79 Å². The van der Waals surface area contributed by atoms with Gasteiger partial charge in [0.2, 0.25) is 0 Å². The van der Waals surface area contributed by atoms with Gasteiger partial charge in [-0.25, -0.2) is 4.79 Å². The van der Waals surface area contributed by atoms with Gasteiger partial charge < -0.3 is 14.0 Å². The highest BCUT2D eigenvalue weighted by Crippen LogP contribution is 2.11. The van der Waals surface area contributed by atoms with Crippen LogP contribution >= 0.6 is 0 Å². The van der Waals surface area contributed by atoms with Crippen molar-refractivity contribution in [2.45, 2.75) is 27.0 Å². The first-order chi connectivity index (χ1) is 11.0. The molecule has 0 aliphatic heterocycles. The fourth-order valence-corrected chi connectivity index (χ4v) is 2.14. The zero-order valence-electron chi connectivity index (χ0n) is 13.7. The van der Waals surface area contributed by atoms with Crippen LogP contribution in [0.3, 0.4) is 0 Å². The fraction of sp³-hybridized carbons (Fsp3) is 0.333. The molecule has 1 aromatic carbocycles. The first-order valence-electron chi connectivity index (χ1n) is 7.44. The Balaban J connectivity index is 2.05. The molecule has 0 spiro atoms. The van der Waals surface area contributed by atoms with E-state index >= 15 is 0 Å². The maximum atomic E-state index is 12.1. The molecule has 2 aromatic rings. The number of aryl methyl sites for hydroxylation is 2. The van der Waals surface area contributed by atoms with E-state index in [1.807, 2.05) is 32.0 Å². The van der Waals surface area contributed by atoms with E-state index in [1.54, 1.807) is 7.11 Å². The first kappa shape index (κ1) is 17.0. The van der Waals surface area contributed by atoms with Crippen molar-refractivity contribution >= 4 is 5.97 Å². The van der Waals surface area contributed by atoms with Gasteiger partial charge in [-0.1, -0.05) is 18.2 Å². The summed E-state index contributed by atoms with van der Waals surface area (Å²) in [5, 5.41) is 0. The number of benzene rings is 1. The lowest BCUT2D eigenvalue weighted by molar-refractivity contribution is 0.0471. The van der Waals surface area contributed by atoms with E-state index in [1.165, 1.54) is 28.5 Å². The maximum Gasteiger partial charge on any atom is 0.339 e. The number of pyridine rings is 1. The number of methoxy groups -OCH3 is 1. The Labute approximate surface area is 135 Å². The molecule has 0 bridgehead atoms. The van der Waals surface area contributed by atoms with Gasteiger partial charge >= 0.3 is 5.97 Å². The van der Waals surface area contributed by atoms with Gasteiger partial charge in [0, 0.05) is 25.9 Å². The summed E-state index contributed by atoms with van der Waals surface area (Å²) in [6.07, 6.45) is 1.50. The molecule has 0 atom stereocenters. The highest BCUT2D eigenvalue weighted by atomic mass is 16.5. The van der Waals surface area contributed by atoms with Crippen molar-refractivity contribution in [1.29, 1.82) is 0 Å². The van der Waals surface area contributed by atoms with E-state index in [-0.39, 0.29) is 12.2 Å². The summed E-state index contributed by atoms with van der Waals surface area (Å²) < 4.78 is 11.7. The quantitative estimate of drug-likeness (QED) is 0.768. The van der Waals surface area contributed by atoms with Crippen molar-refractivity contribution < 1.29 is 14.3 Å². The highest BCUT2D eigenvalue weighted by Gasteiger charge is 2.10. The smallest absolute Gasteiger partial charge is 0.339 e.